The van der Waals surface area contributed by atoms with Gasteiger partial charge in [-0.2, -0.15) is 0 Å². The number of pyridine rings is 2. The van der Waals surface area contributed by atoms with E-state index in [1.165, 1.54) is 0 Å². The SMILES string of the molecule is COc1ccc2nc(-c3cccnc3)nc(Nc3ccc(C)nc3)c2c1. The highest BCUT2D eigenvalue weighted by molar-refractivity contribution is 5.93. The van der Waals surface area contributed by atoms with E-state index in [1.807, 2.05) is 49.4 Å². The zero-order valence-corrected chi connectivity index (χ0v) is 14.5. The molecule has 0 aliphatic heterocycles. The number of aryl methyl sites for hydroxylation is 1. The number of hydrogen-bond acceptors (Lipinski definition) is 6. The third-order valence-electron chi connectivity index (χ3n) is 4.00. The Morgan fingerprint density at radius 1 is 1.00 bits per heavy atom. The first-order chi connectivity index (χ1) is 12.7. The lowest BCUT2D eigenvalue weighted by molar-refractivity contribution is 0.415. The molecule has 128 valence electrons. The molecule has 0 saturated carbocycles. The van der Waals surface area contributed by atoms with E-state index in [4.69, 9.17) is 9.72 Å². The van der Waals surface area contributed by atoms with Crippen LogP contribution in [0.1, 0.15) is 5.69 Å². The van der Waals surface area contributed by atoms with E-state index in [1.54, 1.807) is 25.7 Å². The molecular formula is C20H17N5O. The van der Waals surface area contributed by atoms with Crippen molar-refractivity contribution in [2.75, 3.05) is 12.4 Å². The topological polar surface area (TPSA) is 72.8 Å². The van der Waals surface area contributed by atoms with Crippen LogP contribution in [0.25, 0.3) is 22.3 Å². The number of hydrogen-bond donors (Lipinski definition) is 1. The molecule has 0 radical (unpaired) electrons. The summed E-state index contributed by atoms with van der Waals surface area (Å²) in [5, 5.41) is 4.22. The van der Waals surface area contributed by atoms with Crippen molar-refractivity contribution in [2.45, 2.75) is 6.92 Å². The largest absolute Gasteiger partial charge is 0.497 e. The van der Waals surface area contributed by atoms with Gasteiger partial charge < -0.3 is 10.1 Å². The molecule has 3 heterocycles. The Hall–Kier alpha value is -3.54. The maximum absolute atomic E-state index is 5.35. The molecule has 4 rings (SSSR count). The van der Waals surface area contributed by atoms with E-state index < -0.39 is 0 Å². The van der Waals surface area contributed by atoms with Gasteiger partial charge in [-0.05, 0) is 49.4 Å². The van der Waals surface area contributed by atoms with Crippen molar-refractivity contribution in [1.82, 2.24) is 19.9 Å². The number of anilines is 2. The Morgan fingerprint density at radius 3 is 2.65 bits per heavy atom. The lowest BCUT2D eigenvalue weighted by Crippen LogP contribution is -2.00. The van der Waals surface area contributed by atoms with Crippen molar-refractivity contribution in [3.05, 3.63) is 66.7 Å². The maximum atomic E-state index is 5.35. The summed E-state index contributed by atoms with van der Waals surface area (Å²) in [4.78, 5) is 17.9. The third-order valence-corrected chi connectivity index (χ3v) is 4.00. The average Bonchev–Trinajstić information content (AvgIpc) is 2.70. The van der Waals surface area contributed by atoms with E-state index in [0.717, 1.165) is 33.6 Å². The molecule has 0 fully saturated rings. The summed E-state index contributed by atoms with van der Waals surface area (Å²) in [6, 6.07) is 13.5. The molecule has 0 atom stereocenters. The molecule has 0 amide bonds. The van der Waals surface area contributed by atoms with E-state index in [2.05, 4.69) is 20.3 Å². The maximum Gasteiger partial charge on any atom is 0.163 e. The number of nitrogens with zero attached hydrogens (tertiary/aromatic N) is 4. The Morgan fingerprint density at radius 2 is 1.92 bits per heavy atom. The minimum Gasteiger partial charge on any atom is -0.497 e. The lowest BCUT2D eigenvalue weighted by atomic mass is 10.2. The third kappa shape index (κ3) is 3.17. The van der Waals surface area contributed by atoms with Gasteiger partial charge in [0.15, 0.2) is 5.82 Å². The predicted octanol–water partition coefficient (Wildman–Crippen LogP) is 4.15. The van der Waals surface area contributed by atoms with Gasteiger partial charge in [0.1, 0.15) is 11.6 Å². The van der Waals surface area contributed by atoms with Crippen LogP contribution in [0.3, 0.4) is 0 Å². The molecule has 6 nitrogen and oxygen atoms in total. The fraction of sp³-hybridized carbons (Fsp3) is 0.100. The number of methoxy groups -OCH3 is 1. The quantitative estimate of drug-likeness (QED) is 0.600. The van der Waals surface area contributed by atoms with Gasteiger partial charge in [-0.25, -0.2) is 9.97 Å². The normalized spacial score (nSPS) is 10.7. The van der Waals surface area contributed by atoms with Gasteiger partial charge in [0.2, 0.25) is 0 Å². The highest BCUT2D eigenvalue weighted by Gasteiger charge is 2.11. The molecule has 0 aliphatic rings. The van der Waals surface area contributed by atoms with E-state index in [-0.39, 0.29) is 0 Å². The summed E-state index contributed by atoms with van der Waals surface area (Å²) in [6.45, 7) is 1.95. The molecule has 4 aromatic rings. The van der Waals surface area contributed by atoms with Gasteiger partial charge >= 0.3 is 0 Å². The Balaban J connectivity index is 1.87. The first kappa shape index (κ1) is 16.0. The number of aromatic nitrogens is 4. The fourth-order valence-electron chi connectivity index (χ4n) is 2.63. The van der Waals surface area contributed by atoms with Crippen LogP contribution >= 0.6 is 0 Å². The van der Waals surface area contributed by atoms with Crippen LogP contribution in [-0.2, 0) is 0 Å². The standard InChI is InChI=1S/C20H17N5O/c1-13-5-6-15(12-22-13)23-20-17-10-16(26-2)7-8-18(17)24-19(25-20)14-4-3-9-21-11-14/h3-12H,1-2H3,(H,23,24,25). The Kier molecular flexibility index (Phi) is 4.15. The highest BCUT2D eigenvalue weighted by atomic mass is 16.5. The monoisotopic (exact) mass is 343 g/mol. The molecule has 0 unspecified atom stereocenters. The Labute approximate surface area is 150 Å². The molecule has 0 spiro atoms. The summed E-state index contributed by atoms with van der Waals surface area (Å²) in [7, 11) is 1.64. The van der Waals surface area contributed by atoms with Crippen LogP contribution in [-0.4, -0.2) is 27.0 Å². The van der Waals surface area contributed by atoms with Crippen molar-refractivity contribution in [1.29, 1.82) is 0 Å². The number of nitrogens with one attached hydrogen (secondary N) is 1. The molecule has 1 N–H and O–H groups in total. The number of fused-ring (bicyclic) bond motifs is 1. The van der Waals surface area contributed by atoms with Crippen molar-refractivity contribution >= 4 is 22.4 Å². The van der Waals surface area contributed by atoms with E-state index >= 15 is 0 Å². The van der Waals surface area contributed by atoms with Crippen LogP contribution in [0.15, 0.2) is 61.1 Å². The van der Waals surface area contributed by atoms with Gasteiger partial charge in [-0.15, -0.1) is 0 Å². The second-order valence-corrected chi connectivity index (χ2v) is 5.83. The second kappa shape index (κ2) is 6.76. The minimum absolute atomic E-state index is 0.610. The molecule has 1 aromatic carbocycles. The molecule has 26 heavy (non-hydrogen) atoms. The smallest absolute Gasteiger partial charge is 0.163 e. The summed E-state index contributed by atoms with van der Waals surface area (Å²) < 4.78 is 5.35. The van der Waals surface area contributed by atoms with E-state index in [9.17, 15) is 0 Å². The van der Waals surface area contributed by atoms with Crippen LogP contribution in [0.2, 0.25) is 0 Å². The van der Waals surface area contributed by atoms with Crippen molar-refractivity contribution in [2.24, 2.45) is 0 Å². The molecular weight excluding hydrogens is 326 g/mol. The number of ether oxygens (including phenoxy) is 1. The van der Waals surface area contributed by atoms with Crippen LogP contribution in [0.4, 0.5) is 11.5 Å². The number of benzene rings is 1. The van der Waals surface area contributed by atoms with Gasteiger partial charge in [-0.3, -0.25) is 9.97 Å². The number of rotatable bonds is 4. The highest BCUT2D eigenvalue weighted by Crippen LogP contribution is 2.29. The summed E-state index contributed by atoms with van der Waals surface area (Å²) in [5.41, 5.74) is 3.49. The summed E-state index contributed by atoms with van der Waals surface area (Å²) in [5.74, 6) is 2.05. The second-order valence-electron chi connectivity index (χ2n) is 5.83. The van der Waals surface area contributed by atoms with Gasteiger partial charge in [0, 0.05) is 29.0 Å². The fourth-order valence-corrected chi connectivity index (χ4v) is 2.63. The average molecular weight is 343 g/mol. The molecule has 3 aromatic heterocycles. The molecule has 6 heteroatoms. The van der Waals surface area contributed by atoms with Crippen molar-refractivity contribution < 1.29 is 4.74 Å². The van der Waals surface area contributed by atoms with Crippen LogP contribution in [0.5, 0.6) is 5.75 Å². The first-order valence-corrected chi connectivity index (χ1v) is 8.19. The zero-order valence-electron chi connectivity index (χ0n) is 14.5. The Bertz CT molecular complexity index is 1050. The zero-order chi connectivity index (χ0) is 17.9. The van der Waals surface area contributed by atoms with Crippen LogP contribution in [0, 0.1) is 6.92 Å². The lowest BCUT2D eigenvalue weighted by Gasteiger charge is -2.12. The molecule has 0 bridgehead atoms. The predicted molar refractivity (Wildman–Crippen MR) is 102 cm³/mol. The van der Waals surface area contributed by atoms with E-state index in [0.29, 0.717) is 11.6 Å². The first-order valence-electron chi connectivity index (χ1n) is 8.19. The molecule has 0 aliphatic carbocycles. The van der Waals surface area contributed by atoms with Crippen molar-refractivity contribution in [3.8, 4) is 17.1 Å². The minimum atomic E-state index is 0.610. The summed E-state index contributed by atoms with van der Waals surface area (Å²) in [6.07, 6.45) is 5.27. The molecule has 0 saturated heterocycles. The van der Waals surface area contributed by atoms with Crippen LogP contribution < -0.4 is 10.1 Å². The van der Waals surface area contributed by atoms with Gasteiger partial charge in [0.25, 0.3) is 0 Å². The van der Waals surface area contributed by atoms with Gasteiger partial charge in [-0.1, -0.05) is 0 Å². The summed E-state index contributed by atoms with van der Waals surface area (Å²) >= 11 is 0. The van der Waals surface area contributed by atoms with Gasteiger partial charge in [0.05, 0.1) is 24.5 Å². The van der Waals surface area contributed by atoms with Crippen molar-refractivity contribution in [3.63, 3.8) is 0 Å².